The molecule has 7 nitrogen and oxygen atoms in total. The Labute approximate surface area is 161 Å². The topological polar surface area (TPSA) is 95.9 Å². The number of nitrogens with zero attached hydrogens (tertiary/aromatic N) is 1. The zero-order chi connectivity index (χ0) is 19.2. The maximum absolute atomic E-state index is 12.8. The van der Waals surface area contributed by atoms with Crippen molar-refractivity contribution in [1.82, 2.24) is 4.90 Å². The number of urea groups is 1. The van der Waals surface area contributed by atoms with Crippen LogP contribution in [-0.2, 0) is 9.53 Å². The molecule has 2 heterocycles. The molecule has 0 aromatic carbocycles. The summed E-state index contributed by atoms with van der Waals surface area (Å²) in [4.78, 5) is 38.6. The SMILES string of the molecule is CCOC(=O)c1c(C2CC2)csc1NC(=O)N1C[C@@H]2CCC[C@@]2(C(=O)O)C1. The summed E-state index contributed by atoms with van der Waals surface area (Å²) in [5.74, 6) is -0.834. The number of carboxylic acids is 1. The van der Waals surface area contributed by atoms with Crippen molar-refractivity contribution in [3.8, 4) is 0 Å². The van der Waals surface area contributed by atoms with Gasteiger partial charge in [-0.3, -0.25) is 10.1 Å². The van der Waals surface area contributed by atoms with Crippen LogP contribution in [0.3, 0.4) is 0 Å². The molecule has 2 aliphatic carbocycles. The number of hydrogen-bond acceptors (Lipinski definition) is 5. The Morgan fingerprint density at radius 1 is 1.37 bits per heavy atom. The predicted molar refractivity (Wildman–Crippen MR) is 100 cm³/mol. The normalized spacial score (nSPS) is 26.7. The third-order valence-corrected chi connectivity index (χ3v) is 7.03. The number of ether oxygens (including phenoxy) is 1. The minimum Gasteiger partial charge on any atom is -0.481 e. The summed E-state index contributed by atoms with van der Waals surface area (Å²) in [5, 5.41) is 15.0. The van der Waals surface area contributed by atoms with Gasteiger partial charge in [-0.15, -0.1) is 11.3 Å². The second-order valence-electron chi connectivity index (χ2n) is 7.75. The molecule has 0 spiro atoms. The first kappa shape index (κ1) is 18.3. The Morgan fingerprint density at radius 2 is 2.15 bits per heavy atom. The van der Waals surface area contributed by atoms with Crippen molar-refractivity contribution in [2.45, 2.75) is 44.9 Å². The van der Waals surface area contributed by atoms with Gasteiger partial charge in [0.05, 0.1) is 17.6 Å². The van der Waals surface area contributed by atoms with Crippen LogP contribution >= 0.6 is 11.3 Å². The maximum Gasteiger partial charge on any atom is 0.341 e. The van der Waals surface area contributed by atoms with Crippen molar-refractivity contribution in [2.75, 3.05) is 25.0 Å². The van der Waals surface area contributed by atoms with E-state index in [1.807, 2.05) is 5.38 Å². The first-order chi connectivity index (χ1) is 13.0. The smallest absolute Gasteiger partial charge is 0.341 e. The fourth-order valence-electron chi connectivity index (χ4n) is 4.54. The molecule has 0 unspecified atom stereocenters. The monoisotopic (exact) mass is 392 g/mol. The lowest BCUT2D eigenvalue weighted by atomic mass is 9.81. The van der Waals surface area contributed by atoms with Crippen LogP contribution in [0.1, 0.15) is 60.9 Å². The van der Waals surface area contributed by atoms with Crippen LogP contribution in [-0.4, -0.2) is 47.7 Å². The molecule has 0 radical (unpaired) electrons. The number of likely N-dealkylation sites (tertiary alicyclic amines) is 1. The van der Waals surface area contributed by atoms with E-state index in [2.05, 4.69) is 5.32 Å². The minimum absolute atomic E-state index is 0.00985. The molecular formula is C19H24N2O5S. The molecule has 4 rings (SSSR count). The molecule has 1 saturated heterocycles. The molecule has 1 aromatic heterocycles. The molecule has 0 bridgehead atoms. The average molecular weight is 392 g/mol. The number of carbonyl (C=O) groups excluding carboxylic acids is 2. The highest BCUT2D eigenvalue weighted by Crippen LogP contribution is 2.49. The van der Waals surface area contributed by atoms with Gasteiger partial charge >= 0.3 is 18.0 Å². The molecule has 2 amide bonds. The van der Waals surface area contributed by atoms with Crippen LogP contribution in [0.5, 0.6) is 0 Å². The first-order valence-corrected chi connectivity index (χ1v) is 10.4. The standard InChI is InChI=1S/C19H24N2O5S/c1-2-26-16(22)14-13(11-5-6-11)9-27-15(14)20-18(25)21-8-12-4-3-7-19(12,10-21)17(23)24/h9,11-12H,2-8,10H2,1H3,(H,20,25)(H,23,24)/t12-,19+/m0/s1. The maximum atomic E-state index is 12.8. The molecule has 3 aliphatic rings. The first-order valence-electron chi connectivity index (χ1n) is 9.54. The summed E-state index contributed by atoms with van der Waals surface area (Å²) in [5.41, 5.74) is 0.606. The molecular weight excluding hydrogens is 368 g/mol. The van der Waals surface area contributed by atoms with Crippen molar-refractivity contribution >= 4 is 34.3 Å². The van der Waals surface area contributed by atoms with Crippen LogP contribution in [0.4, 0.5) is 9.80 Å². The Morgan fingerprint density at radius 3 is 2.78 bits per heavy atom. The highest BCUT2D eigenvalue weighted by atomic mass is 32.1. The number of aliphatic carboxylic acids is 1. The molecule has 2 N–H and O–H groups in total. The van der Waals surface area contributed by atoms with Gasteiger partial charge in [0, 0.05) is 13.1 Å². The lowest BCUT2D eigenvalue weighted by molar-refractivity contribution is -0.149. The molecule has 27 heavy (non-hydrogen) atoms. The van der Waals surface area contributed by atoms with Crippen LogP contribution in [0, 0.1) is 11.3 Å². The third kappa shape index (κ3) is 3.09. The highest BCUT2D eigenvalue weighted by Gasteiger charge is 2.55. The summed E-state index contributed by atoms with van der Waals surface area (Å²) in [7, 11) is 0. The number of rotatable bonds is 5. The summed E-state index contributed by atoms with van der Waals surface area (Å²) >= 11 is 1.34. The Bertz CT molecular complexity index is 787. The average Bonchev–Trinajstić information content (AvgIpc) is 3.08. The number of amides is 2. The number of fused-ring (bicyclic) bond motifs is 1. The van der Waals surface area contributed by atoms with E-state index >= 15 is 0 Å². The van der Waals surface area contributed by atoms with Crippen LogP contribution in [0.25, 0.3) is 0 Å². The molecule has 8 heteroatoms. The fraction of sp³-hybridized carbons (Fsp3) is 0.632. The number of anilines is 1. The summed E-state index contributed by atoms with van der Waals surface area (Å²) < 4.78 is 5.19. The van der Waals surface area contributed by atoms with Gasteiger partial charge in [0.15, 0.2) is 0 Å². The minimum atomic E-state index is -0.810. The van der Waals surface area contributed by atoms with Crippen LogP contribution in [0.15, 0.2) is 5.38 Å². The number of hydrogen-bond donors (Lipinski definition) is 2. The number of nitrogens with one attached hydrogen (secondary N) is 1. The Kier molecular flexibility index (Phi) is 4.61. The van der Waals surface area contributed by atoms with Crippen molar-refractivity contribution in [3.63, 3.8) is 0 Å². The lowest BCUT2D eigenvalue weighted by Gasteiger charge is -2.23. The second-order valence-corrected chi connectivity index (χ2v) is 8.63. The van der Waals surface area contributed by atoms with Gasteiger partial charge in [-0.05, 0) is 55.4 Å². The van der Waals surface area contributed by atoms with E-state index < -0.39 is 17.4 Å². The van der Waals surface area contributed by atoms with Gasteiger partial charge in [0.1, 0.15) is 5.00 Å². The number of carbonyl (C=O) groups is 3. The van der Waals surface area contributed by atoms with E-state index in [0.717, 1.165) is 31.2 Å². The van der Waals surface area contributed by atoms with Gasteiger partial charge in [-0.1, -0.05) is 6.42 Å². The summed E-state index contributed by atoms with van der Waals surface area (Å²) in [6.45, 7) is 2.72. The molecule has 1 aromatic rings. The number of esters is 1. The Balaban J connectivity index is 1.52. The van der Waals surface area contributed by atoms with Gasteiger partial charge in [0.25, 0.3) is 0 Å². The summed E-state index contributed by atoms with van der Waals surface area (Å²) in [6.07, 6.45) is 4.46. The molecule has 2 saturated carbocycles. The molecule has 1 aliphatic heterocycles. The second kappa shape index (κ2) is 6.82. The zero-order valence-corrected chi connectivity index (χ0v) is 16.1. The van der Waals surface area contributed by atoms with Crippen LogP contribution < -0.4 is 5.32 Å². The number of carboxylic acid groups (broad SMARTS) is 1. The van der Waals surface area contributed by atoms with Crippen molar-refractivity contribution in [3.05, 3.63) is 16.5 Å². The van der Waals surface area contributed by atoms with Crippen molar-refractivity contribution < 1.29 is 24.2 Å². The molecule has 3 fully saturated rings. The fourth-order valence-corrected chi connectivity index (χ4v) is 5.56. The van der Waals surface area contributed by atoms with E-state index in [1.165, 1.54) is 11.3 Å². The zero-order valence-electron chi connectivity index (χ0n) is 15.3. The largest absolute Gasteiger partial charge is 0.481 e. The van der Waals surface area contributed by atoms with Gasteiger partial charge in [-0.2, -0.15) is 0 Å². The quantitative estimate of drug-likeness (QED) is 0.748. The van der Waals surface area contributed by atoms with Crippen molar-refractivity contribution in [2.24, 2.45) is 11.3 Å². The van der Waals surface area contributed by atoms with E-state index in [1.54, 1.807) is 11.8 Å². The van der Waals surface area contributed by atoms with Crippen LogP contribution in [0.2, 0.25) is 0 Å². The predicted octanol–water partition coefficient (Wildman–Crippen LogP) is 3.52. The van der Waals surface area contributed by atoms with Gasteiger partial charge in [0.2, 0.25) is 0 Å². The lowest BCUT2D eigenvalue weighted by Crippen LogP contribution is -2.38. The Hall–Kier alpha value is -2.09. The third-order valence-electron chi connectivity index (χ3n) is 6.12. The van der Waals surface area contributed by atoms with E-state index in [4.69, 9.17) is 4.74 Å². The summed E-state index contributed by atoms with van der Waals surface area (Å²) in [6, 6.07) is -0.334. The molecule has 146 valence electrons. The van der Waals surface area contributed by atoms with E-state index in [-0.39, 0.29) is 25.1 Å². The van der Waals surface area contributed by atoms with Gasteiger partial charge in [-0.25, -0.2) is 9.59 Å². The van der Waals surface area contributed by atoms with Crippen molar-refractivity contribution in [1.29, 1.82) is 0 Å². The highest BCUT2D eigenvalue weighted by molar-refractivity contribution is 7.15. The van der Waals surface area contributed by atoms with E-state index in [0.29, 0.717) is 29.4 Å². The van der Waals surface area contributed by atoms with Gasteiger partial charge < -0.3 is 14.7 Å². The number of thiophene rings is 1. The molecule has 2 atom stereocenters. The van der Waals surface area contributed by atoms with E-state index in [9.17, 15) is 19.5 Å².